The number of benzene rings is 1. The van der Waals surface area contributed by atoms with Gasteiger partial charge in [0.2, 0.25) is 0 Å². The van der Waals surface area contributed by atoms with E-state index in [2.05, 4.69) is 37.9 Å². The number of rotatable bonds is 9. The van der Waals surface area contributed by atoms with Crippen LogP contribution in [0.25, 0.3) is 0 Å². The fourth-order valence-electron chi connectivity index (χ4n) is 2.30. The summed E-state index contributed by atoms with van der Waals surface area (Å²) in [6, 6.07) is 5.41. The molecule has 114 valence electrons. The fraction of sp³-hybridized carbons (Fsp3) is 0.647. The van der Waals surface area contributed by atoms with Gasteiger partial charge >= 0.3 is 0 Å². The summed E-state index contributed by atoms with van der Waals surface area (Å²) in [7, 11) is 0. The monoisotopic (exact) mass is 280 g/mol. The third-order valence-electron chi connectivity index (χ3n) is 3.45. The molecule has 1 aromatic carbocycles. The molecule has 0 radical (unpaired) electrons. The van der Waals surface area contributed by atoms with Crippen LogP contribution in [0, 0.1) is 11.7 Å². The Kier molecular flexibility index (Phi) is 7.60. The van der Waals surface area contributed by atoms with Crippen molar-refractivity contribution in [2.75, 3.05) is 24.5 Å². The van der Waals surface area contributed by atoms with Gasteiger partial charge in [0, 0.05) is 30.9 Å². The van der Waals surface area contributed by atoms with Gasteiger partial charge in [-0.3, -0.25) is 0 Å². The highest BCUT2D eigenvalue weighted by Gasteiger charge is 2.13. The highest BCUT2D eigenvalue weighted by atomic mass is 19.1. The van der Waals surface area contributed by atoms with E-state index in [-0.39, 0.29) is 5.82 Å². The van der Waals surface area contributed by atoms with Crippen molar-refractivity contribution in [3.05, 3.63) is 29.6 Å². The zero-order valence-corrected chi connectivity index (χ0v) is 13.4. The molecular formula is C17H29FN2. The lowest BCUT2D eigenvalue weighted by Crippen LogP contribution is -2.27. The topological polar surface area (TPSA) is 15.3 Å². The molecule has 0 unspecified atom stereocenters. The zero-order chi connectivity index (χ0) is 15.0. The summed E-state index contributed by atoms with van der Waals surface area (Å²) >= 11 is 0. The van der Waals surface area contributed by atoms with Crippen LogP contribution in [0.15, 0.2) is 18.2 Å². The van der Waals surface area contributed by atoms with E-state index >= 15 is 0 Å². The van der Waals surface area contributed by atoms with Gasteiger partial charge in [-0.25, -0.2) is 4.39 Å². The van der Waals surface area contributed by atoms with Gasteiger partial charge < -0.3 is 10.2 Å². The fourth-order valence-corrected chi connectivity index (χ4v) is 2.30. The molecule has 0 aliphatic carbocycles. The maximum absolute atomic E-state index is 14.1. The SMILES string of the molecule is CCCCN(CC)c1cccc(F)c1CNCC(C)C. The summed E-state index contributed by atoms with van der Waals surface area (Å²) in [5, 5.41) is 3.35. The molecule has 3 heteroatoms. The second-order valence-electron chi connectivity index (χ2n) is 5.70. The van der Waals surface area contributed by atoms with Crippen molar-refractivity contribution >= 4 is 5.69 Å². The lowest BCUT2D eigenvalue weighted by Gasteiger charge is -2.26. The molecule has 0 bridgehead atoms. The van der Waals surface area contributed by atoms with Gasteiger partial charge in [-0.2, -0.15) is 0 Å². The van der Waals surface area contributed by atoms with E-state index in [1.54, 1.807) is 6.07 Å². The van der Waals surface area contributed by atoms with Crippen LogP contribution in [0.5, 0.6) is 0 Å². The summed E-state index contributed by atoms with van der Waals surface area (Å²) in [6.45, 7) is 12.1. The molecule has 2 nitrogen and oxygen atoms in total. The predicted molar refractivity (Wildman–Crippen MR) is 85.7 cm³/mol. The molecule has 0 heterocycles. The number of hydrogen-bond acceptors (Lipinski definition) is 2. The molecule has 0 atom stereocenters. The van der Waals surface area contributed by atoms with E-state index in [1.165, 1.54) is 0 Å². The molecule has 0 aliphatic rings. The Hall–Kier alpha value is -1.09. The third-order valence-corrected chi connectivity index (χ3v) is 3.45. The minimum absolute atomic E-state index is 0.103. The second-order valence-corrected chi connectivity index (χ2v) is 5.70. The minimum Gasteiger partial charge on any atom is -0.371 e. The Morgan fingerprint density at radius 3 is 2.60 bits per heavy atom. The largest absolute Gasteiger partial charge is 0.371 e. The normalized spacial score (nSPS) is 11.1. The van der Waals surface area contributed by atoms with Crippen molar-refractivity contribution in [3.63, 3.8) is 0 Å². The number of nitrogens with zero attached hydrogens (tertiary/aromatic N) is 1. The van der Waals surface area contributed by atoms with Crippen LogP contribution < -0.4 is 10.2 Å². The van der Waals surface area contributed by atoms with Gasteiger partial charge in [0.1, 0.15) is 5.82 Å². The number of anilines is 1. The van der Waals surface area contributed by atoms with Crippen LogP contribution in [-0.2, 0) is 6.54 Å². The maximum atomic E-state index is 14.1. The van der Waals surface area contributed by atoms with Crippen LogP contribution in [0.1, 0.15) is 46.1 Å². The summed E-state index contributed by atoms with van der Waals surface area (Å²) < 4.78 is 14.1. The molecule has 0 aromatic heterocycles. The van der Waals surface area contributed by atoms with Crippen molar-refractivity contribution in [1.82, 2.24) is 5.32 Å². The molecule has 1 N–H and O–H groups in total. The Balaban J connectivity index is 2.85. The van der Waals surface area contributed by atoms with Gasteiger partial charge in [-0.15, -0.1) is 0 Å². The Labute approximate surface area is 123 Å². The van der Waals surface area contributed by atoms with Gasteiger partial charge in [-0.1, -0.05) is 33.3 Å². The molecule has 0 spiro atoms. The van der Waals surface area contributed by atoms with Crippen molar-refractivity contribution < 1.29 is 4.39 Å². The third kappa shape index (κ3) is 5.12. The van der Waals surface area contributed by atoms with Crippen LogP contribution in [0.2, 0.25) is 0 Å². The number of unbranched alkanes of at least 4 members (excludes halogenated alkanes) is 1. The molecule has 1 rings (SSSR count). The second kappa shape index (κ2) is 8.96. The molecule has 1 aromatic rings. The van der Waals surface area contributed by atoms with Crippen LogP contribution in [0.3, 0.4) is 0 Å². The standard InChI is InChI=1S/C17H29FN2/c1-5-7-11-20(6-2)17-10-8-9-16(18)15(17)13-19-12-14(3)4/h8-10,14,19H,5-7,11-13H2,1-4H3. The van der Waals surface area contributed by atoms with Crippen LogP contribution in [0.4, 0.5) is 10.1 Å². The smallest absolute Gasteiger partial charge is 0.129 e. The lowest BCUT2D eigenvalue weighted by molar-refractivity contribution is 0.534. The van der Waals surface area contributed by atoms with Crippen molar-refractivity contribution in [2.24, 2.45) is 5.92 Å². The zero-order valence-electron chi connectivity index (χ0n) is 13.4. The van der Waals surface area contributed by atoms with E-state index in [1.807, 2.05) is 12.1 Å². The minimum atomic E-state index is -0.103. The molecule has 0 aliphatic heterocycles. The molecule has 0 amide bonds. The molecular weight excluding hydrogens is 251 g/mol. The number of nitrogens with one attached hydrogen (secondary N) is 1. The average molecular weight is 280 g/mol. The Morgan fingerprint density at radius 2 is 2.00 bits per heavy atom. The van der Waals surface area contributed by atoms with E-state index < -0.39 is 0 Å². The van der Waals surface area contributed by atoms with Gasteiger partial charge in [0.05, 0.1) is 0 Å². The first-order valence-corrected chi connectivity index (χ1v) is 7.83. The predicted octanol–water partition coefficient (Wildman–Crippen LogP) is 4.20. The van der Waals surface area contributed by atoms with Crippen molar-refractivity contribution in [1.29, 1.82) is 0 Å². The maximum Gasteiger partial charge on any atom is 0.129 e. The highest BCUT2D eigenvalue weighted by molar-refractivity contribution is 5.54. The summed E-state index contributed by atoms with van der Waals surface area (Å²) in [4.78, 5) is 2.28. The molecule has 0 saturated carbocycles. The Bertz CT molecular complexity index is 391. The first kappa shape index (κ1) is 17.0. The van der Waals surface area contributed by atoms with Gasteiger partial charge in [0.25, 0.3) is 0 Å². The summed E-state index contributed by atoms with van der Waals surface area (Å²) in [5.41, 5.74) is 1.84. The van der Waals surface area contributed by atoms with E-state index in [9.17, 15) is 4.39 Å². The number of halogens is 1. The van der Waals surface area contributed by atoms with E-state index in [4.69, 9.17) is 0 Å². The van der Waals surface area contributed by atoms with Crippen molar-refractivity contribution in [2.45, 2.75) is 47.1 Å². The first-order chi connectivity index (χ1) is 9.60. The average Bonchev–Trinajstić information content (AvgIpc) is 2.42. The number of hydrogen-bond donors (Lipinski definition) is 1. The van der Waals surface area contributed by atoms with E-state index in [0.717, 1.165) is 43.7 Å². The summed E-state index contributed by atoms with van der Waals surface area (Å²) in [5.74, 6) is 0.473. The molecule has 0 saturated heterocycles. The molecule has 0 fully saturated rings. The first-order valence-electron chi connectivity index (χ1n) is 7.83. The quantitative estimate of drug-likeness (QED) is 0.729. The van der Waals surface area contributed by atoms with Gasteiger partial charge in [0.15, 0.2) is 0 Å². The van der Waals surface area contributed by atoms with Gasteiger partial charge in [-0.05, 0) is 37.9 Å². The van der Waals surface area contributed by atoms with Crippen LogP contribution >= 0.6 is 0 Å². The molecule has 20 heavy (non-hydrogen) atoms. The van der Waals surface area contributed by atoms with Crippen molar-refractivity contribution in [3.8, 4) is 0 Å². The summed E-state index contributed by atoms with van der Waals surface area (Å²) in [6.07, 6.45) is 2.30. The lowest BCUT2D eigenvalue weighted by atomic mass is 10.1. The van der Waals surface area contributed by atoms with E-state index in [0.29, 0.717) is 12.5 Å². The highest BCUT2D eigenvalue weighted by Crippen LogP contribution is 2.23. The Morgan fingerprint density at radius 1 is 1.25 bits per heavy atom. The van der Waals surface area contributed by atoms with Crippen LogP contribution in [-0.4, -0.2) is 19.6 Å².